The maximum absolute atomic E-state index is 12.3. The van der Waals surface area contributed by atoms with Crippen molar-refractivity contribution in [2.24, 2.45) is 5.41 Å². The lowest BCUT2D eigenvalue weighted by molar-refractivity contribution is -0.131. The number of carbonyl (C=O) groups excluding carboxylic acids is 1. The van der Waals surface area contributed by atoms with Gasteiger partial charge >= 0.3 is 5.97 Å². The minimum absolute atomic E-state index is 0.0854. The van der Waals surface area contributed by atoms with Crippen molar-refractivity contribution < 1.29 is 14.7 Å². The van der Waals surface area contributed by atoms with Crippen LogP contribution in [0.25, 0.3) is 6.08 Å². The minimum Gasteiger partial charge on any atom is -0.478 e. The van der Waals surface area contributed by atoms with Gasteiger partial charge in [-0.1, -0.05) is 19.1 Å². The van der Waals surface area contributed by atoms with Gasteiger partial charge in [0.05, 0.1) is 0 Å². The van der Waals surface area contributed by atoms with E-state index in [1.807, 2.05) is 13.0 Å². The smallest absolute Gasteiger partial charge is 0.328 e. The van der Waals surface area contributed by atoms with Crippen LogP contribution >= 0.6 is 0 Å². The maximum Gasteiger partial charge on any atom is 0.328 e. The van der Waals surface area contributed by atoms with Crippen molar-refractivity contribution in [1.82, 2.24) is 5.32 Å². The predicted molar refractivity (Wildman–Crippen MR) is 82.1 cm³/mol. The molecule has 0 radical (unpaired) electrons. The van der Waals surface area contributed by atoms with E-state index in [2.05, 4.69) is 12.2 Å². The highest BCUT2D eigenvalue weighted by atomic mass is 16.4. The Morgan fingerprint density at radius 2 is 2.10 bits per heavy atom. The van der Waals surface area contributed by atoms with Crippen LogP contribution in [0.3, 0.4) is 0 Å². The summed E-state index contributed by atoms with van der Waals surface area (Å²) < 4.78 is 0. The molecule has 2 N–H and O–H groups in total. The number of rotatable bonds is 6. The molecule has 0 aromatic heterocycles. The molecule has 112 valence electrons. The third-order valence-electron chi connectivity index (χ3n) is 4.26. The average molecular weight is 287 g/mol. The van der Waals surface area contributed by atoms with Crippen molar-refractivity contribution in [2.45, 2.75) is 33.1 Å². The van der Waals surface area contributed by atoms with Crippen molar-refractivity contribution in [1.29, 1.82) is 0 Å². The van der Waals surface area contributed by atoms with Gasteiger partial charge in [0, 0.05) is 18.2 Å². The number of carbonyl (C=O) groups is 2. The second kappa shape index (κ2) is 6.12. The van der Waals surface area contributed by atoms with Gasteiger partial charge in [0.2, 0.25) is 0 Å². The van der Waals surface area contributed by atoms with Gasteiger partial charge in [-0.3, -0.25) is 4.79 Å². The van der Waals surface area contributed by atoms with Crippen LogP contribution in [0.5, 0.6) is 0 Å². The monoisotopic (exact) mass is 287 g/mol. The summed E-state index contributed by atoms with van der Waals surface area (Å²) in [6, 6.07) is 5.37. The molecule has 2 rings (SSSR count). The standard InChI is InChI=1S/C17H21NO3/c1-3-17(8-9-17)11-18-16(21)14-10-13(5-4-12(14)2)6-7-15(19)20/h4-7,10H,3,8-9,11H2,1-2H3,(H,18,21)(H,19,20)/b7-6+. The van der Waals surface area contributed by atoms with E-state index in [9.17, 15) is 9.59 Å². The maximum atomic E-state index is 12.3. The summed E-state index contributed by atoms with van der Waals surface area (Å²) >= 11 is 0. The van der Waals surface area contributed by atoms with Crippen LogP contribution in [0.1, 0.15) is 47.7 Å². The third-order valence-corrected chi connectivity index (χ3v) is 4.26. The van der Waals surface area contributed by atoms with E-state index < -0.39 is 5.97 Å². The van der Waals surface area contributed by atoms with E-state index in [1.165, 1.54) is 18.9 Å². The van der Waals surface area contributed by atoms with Gasteiger partial charge in [0.15, 0.2) is 0 Å². The zero-order chi connectivity index (χ0) is 15.5. The van der Waals surface area contributed by atoms with E-state index in [1.54, 1.807) is 12.1 Å². The summed E-state index contributed by atoms with van der Waals surface area (Å²) in [5.41, 5.74) is 2.52. The average Bonchev–Trinajstić information content (AvgIpc) is 3.24. The molecular formula is C17H21NO3. The Morgan fingerprint density at radius 1 is 1.38 bits per heavy atom. The van der Waals surface area contributed by atoms with Crippen molar-refractivity contribution in [3.8, 4) is 0 Å². The summed E-state index contributed by atoms with van der Waals surface area (Å²) in [5, 5.41) is 11.7. The first-order chi connectivity index (χ1) is 9.96. The number of carboxylic acid groups (broad SMARTS) is 1. The summed E-state index contributed by atoms with van der Waals surface area (Å²) in [4.78, 5) is 22.8. The Bertz CT molecular complexity index is 586. The van der Waals surface area contributed by atoms with Gasteiger partial charge in [-0.25, -0.2) is 4.79 Å². The fourth-order valence-corrected chi connectivity index (χ4v) is 2.35. The second-order valence-electron chi connectivity index (χ2n) is 5.78. The fraction of sp³-hybridized carbons (Fsp3) is 0.412. The van der Waals surface area contributed by atoms with Crippen LogP contribution < -0.4 is 5.32 Å². The molecule has 0 atom stereocenters. The molecule has 0 aliphatic heterocycles. The molecule has 1 amide bonds. The van der Waals surface area contributed by atoms with Gasteiger partial charge in [-0.2, -0.15) is 0 Å². The van der Waals surface area contributed by atoms with Crippen molar-refractivity contribution in [3.63, 3.8) is 0 Å². The van der Waals surface area contributed by atoms with Gasteiger partial charge < -0.3 is 10.4 Å². The highest BCUT2D eigenvalue weighted by Gasteiger charge is 2.40. The van der Waals surface area contributed by atoms with Crippen molar-refractivity contribution >= 4 is 18.0 Å². The number of aryl methyl sites for hydroxylation is 1. The molecule has 0 heterocycles. The SMILES string of the molecule is CCC1(CNC(=O)c2cc(/C=C/C(=O)O)ccc2C)CC1. The molecule has 0 saturated heterocycles. The lowest BCUT2D eigenvalue weighted by atomic mass is 10.0. The van der Waals surface area contributed by atoms with Crippen LogP contribution in [0.2, 0.25) is 0 Å². The first kappa shape index (κ1) is 15.3. The van der Waals surface area contributed by atoms with Gasteiger partial charge in [-0.15, -0.1) is 0 Å². The first-order valence-corrected chi connectivity index (χ1v) is 7.26. The zero-order valence-electron chi connectivity index (χ0n) is 12.5. The molecule has 0 unspecified atom stereocenters. The lowest BCUT2D eigenvalue weighted by Gasteiger charge is -2.14. The van der Waals surface area contributed by atoms with Crippen LogP contribution in [0.4, 0.5) is 0 Å². The molecule has 1 aromatic carbocycles. The topological polar surface area (TPSA) is 66.4 Å². The van der Waals surface area contributed by atoms with Crippen molar-refractivity contribution in [2.75, 3.05) is 6.54 Å². The van der Waals surface area contributed by atoms with Crippen LogP contribution in [-0.4, -0.2) is 23.5 Å². The number of hydrogen-bond donors (Lipinski definition) is 2. The zero-order valence-corrected chi connectivity index (χ0v) is 12.5. The Labute approximate surface area is 124 Å². The Morgan fingerprint density at radius 3 is 2.67 bits per heavy atom. The number of amides is 1. The van der Waals surface area contributed by atoms with Crippen molar-refractivity contribution in [3.05, 3.63) is 41.0 Å². The summed E-state index contributed by atoms with van der Waals surface area (Å²) in [5.74, 6) is -1.09. The summed E-state index contributed by atoms with van der Waals surface area (Å²) in [7, 11) is 0. The van der Waals surface area contributed by atoms with E-state index in [0.717, 1.165) is 24.6 Å². The second-order valence-corrected chi connectivity index (χ2v) is 5.78. The molecule has 0 bridgehead atoms. The van der Waals surface area contributed by atoms with Crippen LogP contribution in [0, 0.1) is 12.3 Å². The lowest BCUT2D eigenvalue weighted by Crippen LogP contribution is -2.30. The first-order valence-electron chi connectivity index (χ1n) is 7.26. The molecule has 21 heavy (non-hydrogen) atoms. The van der Waals surface area contributed by atoms with Crippen LogP contribution in [0.15, 0.2) is 24.3 Å². The highest BCUT2D eigenvalue weighted by molar-refractivity contribution is 5.96. The normalized spacial score (nSPS) is 15.9. The summed E-state index contributed by atoms with van der Waals surface area (Å²) in [6.45, 7) is 4.75. The quantitative estimate of drug-likeness (QED) is 0.790. The molecule has 1 aromatic rings. The third kappa shape index (κ3) is 3.94. The minimum atomic E-state index is -1.000. The molecular weight excluding hydrogens is 266 g/mol. The fourth-order valence-electron chi connectivity index (χ4n) is 2.35. The molecule has 1 fully saturated rings. The number of benzene rings is 1. The largest absolute Gasteiger partial charge is 0.478 e. The Balaban J connectivity index is 2.08. The number of aliphatic carboxylic acids is 1. The molecule has 1 aliphatic carbocycles. The predicted octanol–water partition coefficient (Wildman–Crippen LogP) is 3.01. The molecule has 0 spiro atoms. The Kier molecular flexibility index (Phi) is 4.46. The van der Waals surface area contributed by atoms with Gasteiger partial charge in [0.25, 0.3) is 5.91 Å². The molecule has 1 saturated carbocycles. The van der Waals surface area contributed by atoms with E-state index in [0.29, 0.717) is 16.5 Å². The van der Waals surface area contributed by atoms with Crippen LogP contribution in [-0.2, 0) is 4.79 Å². The number of hydrogen-bond acceptors (Lipinski definition) is 2. The van der Waals surface area contributed by atoms with Gasteiger partial charge in [-0.05, 0) is 54.9 Å². The van der Waals surface area contributed by atoms with Gasteiger partial charge in [0.1, 0.15) is 0 Å². The Hall–Kier alpha value is -2.10. The molecule has 1 aliphatic rings. The number of carboxylic acids is 1. The van der Waals surface area contributed by atoms with E-state index in [4.69, 9.17) is 5.11 Å². The van der Waals surface area contributed by atoms with E-state index >= 15 is 0 Å². The highest BCUT2D eigenvalue weighted by Crippen LogP contribution is 2.47. The molecule has 4 heteroatoms. The number of nitrogens with one attached hydrogen (secondary N) is 1. The molecule has 4 nitrogen and oxygen atoms in total. The summed E-state index contributed by atoms with van der Waals surface area (Å²) in [6.07, 6.45) is 6.03. The van der Waals surface area contributed by atoms with E-state index in [-0.39, 0.29) is 5.91 Å².